The zero-order valence-corrected chi connectivity index (χ0v) is 7.11. The quantitative estimate of drug-likeness (QED) is 0.597. The fourth-order valence-corrected chi connectivity index (χ4v) is 1.44. The lowest BCUT2D eigenvalue weighted by Crippen LogP contribution is -2.65. The molecule has 1 amide bonds. The molecule has 0 aromatic heterocycles. The molecule has 2 atom stereocenters. The molecule has 0 spiro atoms. The SMILES string of the molecule is C[C@H]1C(N(C)C)CN1C(=O)O. The molecule has 1 aliphatic heterocycles. The van der Waals surface area contributed by atoms with E-state index in [2.05, 4.69) is 4.90 Å². The molecule has 4 nitrogen and oxygen atoms in total. The van der Waals surface area contributed by atoms with Gasteiger partial charge >= 0.3 is 6.09 Å². The number of amides is 1. The van der Waals surface area contributed by atoms with Crippen molar-refractivity contribution in [1.82, 2.24) is 9.80 Å². The molecule has 1 fully saturated rings. The summed E-state index contributed by atoms with van der Waals surface area (Å²) < 4.78 is 0. The molecule has 0 aromatic rings. The third-order valence-corrected chi connectivity index (χ3v) is 2.34. The number of carbonyl (C=O) groups is 1. The van der Waals surface area contributed by atoms with Crippen molar-refractivity contribution in [2.24, 2.45) is 0 Å². The molecule has 4 heteroatoms. The van der Waals surface area contributed by atoms with Crippen molar-refractivity contribution in [3.8, 4) is 0 Å². The zero-order chi connectivity index (χ0) is 8.59. The van der Waals surface area contributed by atoms with Gasteiger partial charge in [-0.05, 0) is 21.0 Å². The third kappa shape index (κ3) is 1.30. The number of likely N-dealkylation sites (N-methyl/N-ethyl adjacent to an activating group) is 1. The monoisotopic (exact) mass is 158 g/mol. The van der Waals surface area contributed by atoms with Crippen LogP contribution in [-0.2, 0) is 0 Å². The summed E-state index contributed by atoms with van der Waals surface area (Å²) in [6.07, 6.45) is -0.810. The maximum atomic E-state index is 10.5. The normalized spacial score (nSPS) is 30.4. The van der Waals surface area contributed by atoms with Gasteiger partial charge in [-0.2, -0.15) is 0 Å². The van der Waals surface area contributed by atoms with Gasteiger partial charge in [0.25, 0.3) is 0 Å². The summed E-state index contributed by atoms with van der Waals surface area (Å²) in [5.41, 5.74) is 0. The van der Waals surface area contributed by atoms with Gasteiger partial charge in [-0.1, -0.05) is 0 Å². The maximum absolute atomic E-state index is 10.5. The first-order valence-corrected chi connectivity index (χ1v) is 3.70. The van der Waals surface area contributed by atoms with E-state index in [0.29, 0.717) is 12.6 Å². The van der Waals surface area contributed by atoms with E-state index in [0.717, 1.165) is 0 Å². The molecule has 1 aliphatic rings. The molecule has 1 N–H and O–H groups in total. The molecule has 0 radical (unpaired) electrons. The second-order valence-corrected chi connectivity index (χ2v) is 3.21. The van der Waals surface area contributed by atoms with E-state index in [1.807, 2.05) is 21.0 Å². The predicted molar refractivity (Wildman–Crippen MR) is 41.7 cm³/mol. The van der Waals surface area contributed by atoms with Gasteiger partial charge in [-0.15, -0.1) is 0 Å². The fraction of sp³-hybridized carbons (Fsp3) is 0.857. The van der Waals surface area contributed by atoms with Gasteiger partial charge in [0.05, 0.1) is 0 Å². The molecule has 1 unspecified atom stereocenters. The number of hydrogen-bond donors (Lipinski definition) is 1. The first kappa shape index (κ1) is 8.33. The van der Waals surface area contributed by atoms with E-state index < -0.39 is 6.09 Å². The molecule has 0 aliphatic carbocycles. The van der Waals surface area contributed by atoms with Crippen LogP contribution < -0.4 is 0 Å². The van der Waals surface area contributed by atoms with Gasteiger partial charge in [-0.25, -0.2) is 4.79 Å². The number of nitrogens with zero attached hydrogens (tertiary/aromatic N) is 2. The van der Waals surface area contributed by atoms with Gasteiger partial charge in [-0.3, -0.25) is 0 Å². The number of likely N-dealkylation sites (tertiary alicyclic amines) is 1. The van der Waals surface area contributed by atoms with Crippen molar-refractivity contribution in [3.63, 3.8) is 0 Å². The summed E-state index contributed by atoms with van der Waals surface area (Å²) in [6, 6.07) is 0.536. The Hall–Kier alpha value is -0.770. The van der Waals surface area contributed by atoms with Gasteiger partial charge in [0.2, 0.25) is 0 Å². The lowest BCUT2D eigenvalue weighted by Gasteiger charge is -2.47. The summed E-state index contributed by atoms with van der Waals surface area (Å²) in [5.74, 6) is 0. The van der Waals surface area contributed by atoms with Gasteiger partial charge in [0, 0.05) is 18.6 Å². The van der Waals surface area contributed by atoms with E-state index in [-0.39, 0.29) is 6.04 Å². The van der Waals surface area contributed by atoms with Crippen molar-refractivity contribution in [1.29, 1.82) is 0 Å². The van der Waals surface area contributed by atoms with E-state index in [9.17, 15) is 4.79 Å². The van der Waals surface area contributed by atoms with E-state index in [4.69, 9.17) is 5.11 Å². The summed E-state index contributed by atoms with van der Waals surface area (Å²) in [4.78, 5) is 14.0. The molecule has 0 bridgehead atoms. The highest BCUT2D eigenvalue weighted by atomic mass is 16.4. The lowest BCUT2D eigenvalue weighted by molar-refractivity contribution is 0.0120. The van der Waals surface area contributed by atoms with Crippen LogP contribution in [0.3, 0.4) is 0 Å². The molecular weight excluding hydrogens is 144 g/mol. The Labute approximate surface area is 66.4 Å². The highest BCUT2D eigenvalue weighted by Crippen LogP contribution is 2.20. The largest absolute Gasteiger partial charge is 0.465 e. The van der Waals surface area contributed by atoms with Crippen LogP contribution in [0.15, 0.2) is 0 Å². The maximum Gasteiger partial charge on any atom is 0.407 e. The molecule has 1 rings (SSSR count). The first-order valence-electron chi connectivity index (χ1n) is 3.70. The van der Waals surface area contributed by atoms with Crippen LogP contribution in [0.25, 0.3) is 0 Å². The molecule has 1 saturated heterocycles. The minimum atomic E-state index is -0.810. The third-order valence-electron chi connectivity index (χ3n) is 2.34. The van der Waals surface area contributed by atoms with Crippen molar-refractivity contribution < 1.29 is 9.90 Å². The Bertz CT molecular complexity index is 170. The molecule has 1 heterocycles. The van der Waals surface area contributed by atoms with E-state index >= 15 is 0 Å². The molecule has 11 heavy (non-hydrogen) atoms. The Balaban J connectivity index is 2.44. The van der Waals surface area contributed by atoms with Gasteiger partial charge in [0.15, 0.2) is 0 Å². The highest BCUT2D eigenvalue weighted by Gasteiger charge is 2.39. The summed E-state index contributed by atoms with van der Waals surface area (Å²) in [6.45, 7) is 2.58. The van der Waals surface area contributed by atoms with Gasteiger partial charge < -0.3 is 14.9 Å². The molecule has 0 saturated carbocycles. The van der Waals surface area contributed by atoms with Crippen LogP contribution in [0.4, 0.5) is 4.79 Å². The average Bonchev–Trinajstić information content (AvgIpc) is 1.82. The van der Waals surface area contributed by atoms with Crippen LogP contribution in [0.5, 0.6) is 0 Å². The minimum Gasteiger partial charge on any atom is -0.465 e. The van der Waals surface area contributed by atoms with Crippen LogP contribution >= 0.6 is 0 Å². The second kappa shape index (κ2) is 2.70. The van der Waals surface area contributed by atoms with Crippen molar-refractivity contribution in [3.05, 3.63) is 0 Å². The summed E-state index contributed by atoms with van der Waals surface area (Å²) in [7, 11) is 3.95. The smallest absolute Gasteiger partial charge is 0.407 e. The lowest BCUT2D eigenvalue weighted by atomic mass is 9.98. The van der Waals surface area contributed by atoms with E-state index in [1.54, 1.807) is 0 Å². The van der Waals surface area contributed by atoms with Crippen LogP contribution in [0.1, 0.15) is 6.92 Å². The van der Waals surface area contributed by atoms with Crippen molar-refractivity contribution >= 4 is 6.09 Å². The molecular formula is C7H14N2O2. The fourth-order valence-electron chi connectivity index (χ4n) is 1.44. The topological polar surface area (TPSA) is 43.8 Å². The number of rotatable bonds is 1. The standard InChI is InChI=1S/C7H14N2O2/c1-5-6(8(2)3)4-9(5)7(10)11/h5-6H,4H2,1-3H3,(H,10,11)/t5-,6?/m0/s1. The van der Waals surface area contributed by atoms with E-state index in [1.165, 1.54) is 4.90 Å². The van der Waals surface area contributed by atoms with Crippen LogP contribution in [0, 0.1) is 0 Å². The molecule has 0 aromatic carbocycles. The Kier molecular flexibility index (Phi) is 2.04. The minimum absolute atomic E-state index is 0.141. The predicted octanol–water partition coefficient (Wildman–Crippen LogP) is 0.299. The average molecular weight is 158 g/mol. The summed E-state index contributed by atoms with van der Waals surface area (Å²) >= 11 is 0. The number of carboxylic acid groups (broad SMARTS) is 1. The van der Waals surface area contributed by atoms with Crippen LogP contribution in [0.2, 0.25) is 0 Å². The molecule has 64 valence electrons. The van der Waals surface area contributed by atoms with Crippen molar-refractivity contribution in [2.45, 2.75) is 19.0 Å². The Morgan fingerprint density at radius 3 is 2.45 bits per heavy atom. The Morgan fingerprint density at radius 1 is 1.64 bits per heavy atom. The second-order valence-electron chi connectivity index (χ2n) is 3.21. The van der Waals surface area contributed by atoms with Crippen molar-refractivity contribution in [2.75, 3.05) is 20.6 Å². The number of hydrogen-bond acceptors (Lipinski definition) is 2. The van der Waals surface area contributed by atoms with Gasteiger partial charge in [0.1, 0.15) is 0 Å². The summed E-state index contributed by atoms with van der Waals surface area (Å²) in [5, 5.41) is 8.61. The van der Waals surface area contributed by atoms with Crippen LogP contribution in [-0.4, -0.2) is 53.7 Å². The highest BCUT2D eigenvalue weighted by molar-refractivity contribution is 5.67. The first-order chi connectivity index (χ1) is 5.04. The zero-order valence-electron chi connectivity index (χ0n) is 7.11. The Morgan fingerprint density at radius 2 is 2.18 bits per heavy atom.